The van der Waals surface area contributed by atoms with Crippen molar-refractivity contribution in [3.63, 3.8) is 0 Å². The Kier molecular flexibility index (Phi) is 10.3. The fourth-order valence-corrected chi connectivity index (χ4v) is 3.20. The summed E-state index contributed by atoms with van der Waals surface area (Å²) in [5.41, 5.74) is 3.82. The van der Waals surface area contributed by atoms with E-state index in [0.717, 1.165) is 29.9 Å². The third-order valence-corrected chi connectivity index (χ3v) is 4.86. The van der Waals surface area contributed by atoms with Gasteiger partial charge in [-0.15, -0.1) is 12.4 Å². The van der Waals surface area contributed by atoms with E-state index in [-0.39, 0.29) is 19.0 Å². The van der Waals surface area contributed by atoms with Gasteiger partial charge in [0.05, 0.1) is 6.10 Å². The fraction of sp³-hybridized carbons (Fsp3) is 0.208. The van der Waals surface area contributed by atoms with Gasteiger partial charge in [0, 0.05) is 22.9 Å². The van der Waals surface area contributed by atoms with Crippen LogP contribution in [0.1, 0.15) is 17.2 Å². The van der Waals surface area contributed by atoms with Crippen LogP contribution < -0.4 is 15.4 Å². The van der Waals surface area contributed by atoms with Gasteiger partial charge in [-0.1, -0.05) is 35.9 Å². The van der Waals surface area contributed by atoms with Crippen LogP contribution >= 0.6 is 24.0 Å². The lowest BCUT2D eigenvalue weighted by molar-refractivity contribution is -0.139. The zero-order valence-electron chi connectivity index (χ0n) is 17.3. The van der Waals surface area contributed by atoms with Gasteiger partial charge < -0.3 is 25.6 Å². The number of halogens is 2. The average molecular weight is 477 g/mol. The molecule has 4 N–H and O–H groups in total. The molecule has 0 heterocycles. The van der Waals surface area contributed by atoms with Crippen LogP contribution in [0.4, 0.5) is 11.4 Å². The van der Waals surface area contributed by atoms with Crippen LogP contribution in [0.2, 0.25) is 5.02 Å². The smallest absolute Gasteiger partial charge is 0.341 e. The monoisotopic (exact) mass is 476 g/mol. The summed E-state index contributed by atoms with van der Waals surface area (Å²) < 4.78 is 5.13. The Morgan fingerprint density at radius 2 is 1.66 bits per heavy atom. The van der Waals surface area contributed by atoms with E-state index in [2.05, 4.69) is 22.8 Å². The third kappa shape index (κ3) is 8.40. The molecule has 6 nitrogen and oxygen atoms in total. The number of hydrogen-bond acceptors (Lipinski definition) is 5. The lowest BCUT2D eigenvalue weighted by Gasteiger charge is -2.13. The molecule has 3 aromatic rings. The maximum atomic E-state index is 10.5. The number of rotatable bonds is 11. The zero-order valence-corrected chi connectivity index (χ0v) is 18.9. The van der Waals surface area contributed by atoms with E-state index in [1.807, 2.05) is 36.4 Å². The first-order valence-corrected chi connectivity index (χ1v) is 10.3. The SMILES string of the molecule is Cl.O=C(O)COc1ccc(Nc2ccc(CCNC[C@@H](O)c3cccc(Cl)c3)cc2)cc1. The molecule has 0 radical (unpaired) electrons. The number of aliphatic hydroxyl groups is 1. The number of carboxylic acid groups (broad SMARTS) is 1. The summed E-state index contributed by atoms with van der Waals surface area (Å²) in [7, 11) is 0. The Bertz CT molecular complexity index is 982. The standard InChI is InChI=1S/C24H25ClN2O4.ClH/c25-19-3-1-2-18(14-19)23(28)15-26-13-12-17-4-6-20(7-5-17)27-21-8-10-22(11-9-21)31-16-24(29)30;/h1-11,14,23,26-28H,12-13,15-16H2,(H,29,30);1H/t23-;/m1./s1. The lowest BCUT2D eigenvalue weighted by Crippen LogP contribution is -2.23. The van der Waals surface area contributed by atoms with Crippen molar-refractivity contribution in [2.24, 2.45) is 0 Å². The van der Waals surface area contributed by atoms with Gasteiger partial charge in [-0.05, 0) is 72.6 Å². The highest BCUT2D eigenvalue weighted by Gasteiger charge is 2.07. The van der Waals surface area contributed by atoms with Gasteiger partial charge in [0.25, 0.3) is 0 Å². The van der Waals surface area contributed by atoms with Crippen LogP contribution in [0.5, 0.6) is 5.75 Å². The molecule has 0 aliphatic carbocycles. The second kappa shape index (κ2) is 12.9. The number of benzene rings is 3. The fourth-order valence-electron chi connectivity index (χ4n) is 3.00. The highest BCUT2D eigenvalue weighted by molar-refractivity contribution is 6.30. The van der Waals surface area contributed by atoms with Gasteiger partial charge >= 0.3 is 5.97 Å². The molecule has 32 heavy (non-hydrogen) atoms. The molecular formula is C24H26Cl2N2O4. The minimum absolute atomic E-state index is 0. The van der Waals surface area contributed by atoms with Gasteiger partial charge in [-0.2, -0.15) is 0 Å². The van der Waals surface area contributed by atoms with Crippen LogP contribution in [0.15, 0.2) is 72.8 Å². The van der Waals surface area contributed by atoms with Gasteiger partial charge in [-0.3, -0.25) is 0 Å². The Balaban J connectivity index is 0.00000363. The van der Waals surface area contributed by atoms with Crippen molar-refractivity contribution in [2.45, 2.75) is 12.5 Å². The molecule has 3 aromatic carbocycles. The van der Waals surface area contributed by atoms with E-state index in [4.69, 9.17) is 21.4 Å². The van der Waals surface area contributed by atoms with Crippen molar-refractivity contribution in [1.82, 2.24) is 5.32 Å². The van der Waals surface area contributed by atoms with Crippen molar-refractivity contribution in [2.75, 3.05) is 25.0 Å². The number of anilines is 2. The first-order valence-electron chi connectivity index (χ1n) is 9.94. The molecule has 0 fully saturated rings. The number of aliphatic hydroxyl groups excluding tert-OH is 1. The lowest BCUT2D eigenvalue weighted by atomic mass is 10.1. The van der Waals surface area contributed by atoms with Gasteiger partial charge in [0.15, 0.2) is 6.61 Å². The summed E-state index contributed by atoms with van der Waals surface area (Å²) in [6, 6.07) is 22.5. The first kappa shape index (κ1) is 25.5. The largest absolute Gasteiger partial charge is 0.482 e. The van der Waals surface area contributed by atoms with Crippen LogP contribution in [0.3, 0.4) is 0 Å². The van der Waals surface area contributed by atoms with E-state index in [1.165, 1.54) is 5.56 Å². The Morgan fingerprint density at radius 3 is 2.28 bits per heavy atom. The van der Waals surface area contributed by atoms with Crippen molar-refractivity contribution < 1.29 is 19.7 Å². The summed E-state index contributed by atoms with van der Waals surface area (Å²) in [6.07, 6.45) is 0.254. The topological polar surface area (TPSA) is 90.8 Å². The maximum absolute atomic E-state index is 10.5. The van der Waals surface area contributed by atoms with Crippen molar-refractivity contribution >= 4 is 41.4 Å². The first-order chi connectivity index (χ1) is 15.0. The van der Waals surface area contributed by atoms with E-state index in [9.17, 15) is 9.90 Å². The Labute approximate surface area is 198 Å². The summed E-state index contributed by atoms with van der Waals surface area (Å²) in [5.74, 6) is -0.494. The van der Waals surface area contributed by atoms with Crippen LogP contribution in [-0.2, 0) is 11.2 Å². The molecule has 1 atom stereocenters. The summed E-state index contributed by atoms with van der Waals surface area (Å²) in [5, 5.41) is 26.1. The number of ether oxygens (including phenoxy) is 1. The highest BCUT2D eigenvalue weighted by Crippen LogP contribution is 2.21. The van der Waals surface area contributed by atoms with Gasteiger partial charge in [-0.25, -0.2) is 4.79 Å². The van der Waals surface area contributed by atoms with E-state index >= 15 is 0 Å². The molecule has 0 bridgehead atoms. The maximum Gasteiger partial charge on any atom is 0.341 e. The molecule has 0 amide bonds. The number of hydrogen-bond donors (Lipinski definition) is 4. The molecule has 0 saturated heterocycles. The quantitative estimate of drug-likeness (QED) is 0.296. The molecular weight excluding hydrogens is 451 g/mol. The molecule has 0 aromatic heterocycles. The number of carbonyl (C=O) groups is 1. The van der Waals surface area contributed by atoms with Crippen molar-refractivity contribution in [3.8, 4) is 5.75 Å². The number of nitrogens with one attached hydrogen (secondary N) is 2. The van der Waals surface area contributed by atoms with E-state index in [0.29, 0.717) is 17.3 Å². The minimum Gasteiger partial charge on any atom is -0.482 e. The third-order valence-electron chi connectivity index (χ3n) is 4.62. The summed E-state index contributed by atoms with van der Waals surface area (Å²) >= 11 is 5.96. The normalized spacial score (nSPS) is 11.3. The summed E-state index contributed by atoms with van der Waals surface area (Å²) in [6.45, 7) is 0.858. The van der Waals surface area contributed by atoms with Crippen molar-refractivity contribution in [3.05, 3.63) is 88.9 Å². The number of aliphatic carboxylic acids is 1. The molecule has 8 heteroatoms. The highest BCUT2D eigenvalue weighted by atomic mass is 35.5. The van der Waals surface area contributed by atoms with Crippen LogP contribution in [-0.4, -0.2) is 35.9 Å². The predicted molar refractivity (Wildman–Crippen MR) is 130 cm³/mol. The second-order valence-corrected chi connectivity index (χ2v) is 7.49. The van der Waals surface area contributed by atoms with E-state index < -0.39 is 12.1 Å². The van der Waals surface area contributed by atoms with Crippen LogP contribution in [0.25, 0.3) is 0 Å². The predicted octanol–water partition coefficient (Wildman–Crippen LogP) is 4.83. The molecule has 0 unspecified atom stereocenters. The molecule has 0 saturated carbocycles. The average Bonchev–Trinajstić information content (AvgIpc) is 2.77. The van der Waals surface area contributed by atoms with Gasteiger partial charge in [0.1, 0.15) is 5.75 Å². The second-order valence-electron chi connectivity index (χ2n) is 7.05. The summed E-state index contributed by atoms with van der Waals surface area (Å²) in [4.78, 5) is 10.5. The van der Waals surface area contributed by atoms with Gasteiger partial charge in [0.2, 0.25) is 0 Å². The molecule has 0 spiro atoms. The van der Waals surface area contributed by atoms with E-state index in [1.54, 1.807) is 24.3 Å². The number of carboxylic acids is 1. The van der Waals surface area contributed by atoms with Crippen molar-refractivity contribution in [1.29, 1.82) is 0 Å². The molecule has 170 valence electrons. The minimum atomic E-state index is -1.00. The Morgan fingerprint density at radius 1 is 1.00 bits per heavy atom. The zero-order chi connectivity index (χ0) is 22.1. The molecule has 0 aliphatic rings. The molecule has 3 rings (SSSR count). The Hall–Kier alpha value is -2.77. The van der Waals surface area contributed by atoms with Crippen LogP contribution in [0, 0.1) is 0 Å². The molecule has 0 aliphatic heterocycles.